The van der Waals surface area contributed by atoms with E-state index in [1.54, 1.807) is 0 Å². The lowest BCUT2D eigenvalue weighted by Gasteiger charge is -2.37. The SMILES string of the molecule is CCCN1CCN(C2=NC(Cc3ccccc3)C(=O)N2c2ccc(C)cc2C)CC1. The predicted molar refractivity (Wildman–Crippen MR) is 123 cm³/mol. The lowest BCUT2D eigenvalue weighted by molar-refractivity contribution is -0.118. The summed E-state index contributed by atoms with van der Waals surface area (Å²) in [5, 5.41) is 0. The number of anilines is 1. The fourth-order valence-corrected chi connectivity index (χ4v) is 4.46. The first-order valence-electron chi connectivity index (χ1n) is 11.1. The summed E-state index contributed by atoms with van der Waals surface area (Å²) in [5.74, 6) is 0.904. The zero-order chi connectivity index (χ0) is 21.1. The maximum absolute atomic E-state index is 13.5. The fraction of sp³-hybridized carbons (Fsp3) is 0.440. The molecule has 1 saturated heterocycles. The van der Waals surface area contributed by atoms with Gasteiger partial charge in [-0.25, -0.2) is 9.89 Å². The molecule has 2 aromatic rings. The molecule has 1 atom stereocenters. The van der Waals surface area contributed by atoms with E-state index in [-0.39, 0.29) is 11.9 Å². The highest BCUT2D eigenvalue weighted by Crippen LogP contribution is 2.29. The van der Waals surface area contributed by atoms with E-state index >= 15 is 0 Å². The smallest absolute Gasteiger partial charge is 0.259 e. The molecule has 4 rings (SSSR count). The van der Waals surface area contributed by atoms with E-state index in [2.05, 4.69) is 60.9 Å². The van der Waals surface area contributed by atoms with Gasteiger partial charge in [0.05, 0.1) is 5.69 Å². The van der Waals surface area contributed by atoms with Crippen LogP contribution in [0.4, 0.5) is 5.69 Å². The molecule has 0 aliphatic carbocycles. The highest BCUT2D eigenvalue weighted by molar-refractivity contribution is 6.22. The normalized spacial score (nSPS) is 20.0. The Labute approximate surface area is 180 Å². The zero-order valence-corrected chi connectivity index (χ0v) is 18.3. The number of amides is 1. The van der Waals surface area contributed by atoms with Crippen LogP contribution in [0.1, 0.15) is 30.0 Å². The quantitative estimate of drug-likeness (QED) is 0.764. The molecule has 1 fully saturated rings. The number of carbonyl (C=O) groups excluding carboxylic acids is 1. The van der Waals surface area contributed by atoms with Gasteiger partial charge in [-0.15, -0.1) is 0 Å². The van der Waals surface area contributed by atoms with Crippen LogP contribution < -0.4 is 4.90 Å². The first-order valence-corrected chi connectivity index (χ1v) is 11.1. The van der Waals surface area contributed by atoms with Gasteiger partial charge in [0.25, 0.3) is 5.91 Å². The molecular weight excluding hydrogens is 372 g/mol. The van der Waals surface area contributed by atoms with Crippen LogP contribution in [0, 0.1) is 13.8 Å². The molecule has 0 bridgehead atoms. The number of guanidine groups is 1. The summed E-state index contributed by atoms with van der Waals surface area (Å²) in [4.78, 5) is 25.2. The highest BCUT2D eigenvalue weighted by atomic mass is 16.2. The Morgan fingerprint density at radius 3 is 2.40 bits per heavy atom. The van der Waals surface area contributed by atoms with Crippen LogP contribution in [0.3, 0.4) is 0 Å². The lowest BCUT2D eigenvalue weighted by Crippen LogP contribution is -2.53. The lowest BCUT2D eigenvalue weighted by atomic mass is 10.1. The summed E-state index contributed by atoms with van der Waals surface area (Å²) < 4.78 is 0. The van der Waals surface area contributed by atoms with Crippen molar-refractivity contribution >= 4 is 17.6 Å². The van der Waals surface area contributed by atoms with Crippen molar-refractivity contribution in [2.24, 2.45) is 4.99 Å². The van der Waals surface area contributed by atoms with Gasteiger partial charge in [0.15, 0.2) is 0 Å². The van der Waals surface area contributed by atoms with Crippen molar-refractivity contribution < 1.29 is 4.79 Å². The first kappa shape index (κ1) is 20.6. The molecule has 0 radical (unpaired) electrons. The van der Waals surface area contributed by atoms with E-state index < -0.39 is 0 Å². The summed E-state index contributed by atoms with van der Waals surface area (Å²) in [6.07, 6.45) is 1.81. The number of aryl methyl sites for hydroxylation is 2. The van der Waals surface area contributed by atoms with Crippen molar-refractivity contribution in [3.05, 3.63) is 65.2 Å². The first-order chi connectivity index (χ1) is 14.6. The zero-order valence-electron chi connectivity index (χ0n) is 18.3. The van der Waals surface area contributed by atoms with Gasteiger partial charge in [-0.1, -0.05) is 55.0 Å². The summed E-state index contributed by atoms with van der Waals surface area (Å²) in [7, 11) is 0. The molecule has 0 saturated carbocycles. The maximum atomic E-state index is 13.5. The van der Waals surface area contributed by atoms with E-state index in [4.69, 9.17) is 4.99 Å². The number of hydrogen-bond acceptors (Lipinski definition) is 4. The minimum Gasteiger partial charge on any atom is -0.340 e. The van der Waals surface area contributed by atoms with Crippen LogP contribution in [-0.2, 0) is 11.2 Å². The monoisotopic (exact) mass is 404 g/mol. The van der Waals surface area contributed by atoms with Crippen molar-refractivity contribution in [2.75, 3.05) is 37.6 Å². The molecule has 5 nitrogen and oxygen atoms in total. The maximum Gasteiger partial charge on any atom is 0.259 e. The van der Waals surface area contributed by atoms with Gasteiger partial charge in [-0.2, -0.15) is 0 Å². The summed E-state index contributed by atoms with van der Waals surface area (Å²) in [6.45, 7) is 11.4. The second-order valence-electron chi connectivity index (χ2n) is 8.43. The largest absolute Gasteiger partial charge is 0.340 e. The molecule has 0 spiro atoms. The molecular formula is C25H32N4O. The molecule has 0 N–H and O–H groups in total. The van der Waals surface area contributed by atoms with Crippen LogP contribution in [0.15, 0.2) is 53.5 Å². The molecule has 2 aliphatic rings. The molecule has 1 unspecified atom stereocenters. The Hall–Kier alpha value is -2.66. The predicted octanol–water partition coefficient (Wildman–Crippen LogP) is 3.64. The molecule has 30 heavy (non-hydrogen) atoms. The van der Waals surface area contributed by atoms with Crippen molar-refractivity contribution in [3.63, 3.8) is 0 Å². The average molecular weight is 405 g/mol. The van der Waals surface area contributed by atoms with E-state index in [9.17, 15) is 4.79 Å². The molecule has 2 heterocycles. The Balaban J connectivity index is 1.63. The average Bonchev–Trinajstić information content (AvgIpc) is 3.06. The van der Waals surface area contributed by atoms with E-state index in [0.29, 0.717) is 6.42 Å². The van der Waals surface area contributed by atoms with Crippen LogP contribution in [-0.4, -0.2) is 60.4 Å². The highest BCUT2D eigenvalue weighted by Gasteiger charge is 2.39. The third kappa shape index (κ3) is 4.26. The molecule has 0 aromatic heterocycles. The molecule has 158 valence electrons. The van der Waals surface area contributed by atoms with E-state index in [1.165, 1.54) is 12.0 Å². The van der Waals surface area contributed by atoms with Crippen molar-refractivity contribution in [1.82, 2.24) is 9.80 Å². The Morgan fingerprint density at radius 1 is 1.00 bits per heavy atom. The van der Waals surface area contributed by atoms with Crippen LogP contribution >= 0.6 is 0 Å². The third-order valence-corrected chi connectivity index (χ3v) is 6.04. The fourth-order valence-electron chi connectivity index (χ4n) is 4.46. The summed E-state index contributed by atoms with van der Waals surface area (Å²) >= 11 is 0. The van der Waals surface area contributed by atoms with Gasteiger partial charge >= 0.3 is 0 Å². The van der Waals surface area contributed by atoms with Crippen LogP contribution in [0.5, 0.6) is 0 Å². The van der Waals surface area contributed by atoms with E-state index in [1.807, 2.05) is 23.1 Å². The van der Waals surface area contributed by atoms with Crippen molar-refractivity contribution in [2.45, 2.75) is 39.7 Å². The van der Waals surface area contributed by atoms with Gasteiger partial charge in [-0.05, 0) is 44.0 Å². The minimum absolute atomic E-state index is 0.0804. The Kier molecular flexibility index (Phi) is 6.18. The van der Waals surface area contributed by atoms with Gasteiger partial charge in [0.1, 0.15) is 6.04 Å². The Bertz CT molecular complexity index is 916. The number of hydrogen-bond donors (Lipinski definition) is 0. The number of aliphatic imine (C=N–C) groups is 1. The van der Waals surface area contributed by atoms with Crippen molar-refractivity contribution in [1.29, 1.82) is 0 Å². The number of nitrogens with zero attached hydrogens (tertiary/aromatic N) is 4. The molecule has 5 heteroatoms. The van der Waals surface area contributed by atoms with Gasteiger partial charge < -0.3 is 4.90 Å². The standard InChI is InChI=1S/C25H32N4O/c1-4-12-27-13-15-28(16-14-27)25-26-22(18-21-8-6-5-7-9-21)24(30)29(25)23-11-10-19(2)17-20(23)3/h5-11,17,22H,4,12-16,18H2,1-3H3. The van der Waals surface area contributed by atoms with Crippen LogP contribution in [0.25, 0.3) is 0 Å². The van der Waals surface area contributed by atoms with Crippen LogP contribution in [0.2, 0.25) is 0 Å². The number of piperazine rings is 1. The number of carbonyl (C=O) groups is 1. The Morgan fingerprint density at radius 2 is 1.73 bits per heavy atom. The summed E-state index contributed by atoms with van der Waals surface area (Å²) in [6, 6.07) is 16.1. The van der Waals surface area contributed by atoms with Gasteiger partial charge in [-0.3, -0.25) is 9.69 Å². The van der Waals surface area contributed by atoms with E-state index in [0.717, 1.165) is 55.5 Å². The molecule has 2 aliphatic heterocycles. The molecule has 2 aromatic carbocycles. The van der Waals surface area contributed by atoms with Crippen molar-refractivity contribution in [3.8, 4) is 0 Å². The minimum atomic E-state index is -0.364. The topological polar surface area (TPSA) is 39.1 Å². The van der Waals surface area contributed by atoms with Gasteiger partial charge in [0, 0.05) is 32.6 Å². The second kappa shape index (κ2) is 9.00. The molecule has 1 amide bonds. The second-order valence-corrected chi connectivity index (χ2v) is 8.43. The number of benzene rings is 2. The number of rotatable bonds is 5. The van der Waals surface area contributed by atoms with Gasteiger partial charge in [0.2, 0.25) is 5.96 Å². The summed E-state index contributed by atoms with van der Waals surface area (Å²) in [5.41, 5.74) is 4.42. The third-order valence-electron chi connectivity index (χ3n) is 6.04.